The summed E-state index contributed by atoms with van der Waals surface area (Å²) in [6.45, 7) is 2.69. The fourth-order valence-corrected chi connectivity index (χ4v) is 2.01. The third-order valence-electron chi connectivity index (χ3n) is 2.54. The molecule has 0 radical (unpaired) electrons. The molecule has 0 aliphatic carbocycles. The van der Waals surface area contributed by atoms with Crippen LogP contribution in [0.5, 0.6) is 0 Å². The maximum Gasteiger partial charge on any atom is 0.0587 e. The molecule has 4 heteroatoms. The molecular weight excluding hydrogens is 257 g/mol. The first-order chi connectivity index (χ1) is 8.24. The minimum Gasteiger partial charge on any atom is -0.383 e. The quantitative estimate of drug-likeness (QED) is 0.733. The largest absolute Gasteiger partial charge is 0.383 e. The van der Waals surface area contributed by atoms with Crippen molar-refractivity contribution in [3.8, 4) is 0 Å². The molecule has 1 aromatic carbocycles. The molecule has 0 bridgehead atoms. The number of hydrogen-bond donors (Lipinski definition) is 1. The van der Waals surface area contributed by atoms with Gasteiger partial charge in [0.1, 0.15) is 0 Å². The summed E-state index contributed by atoms with van der Waals surface area (Å²) < 4.78 is 4.95. The highest BCUT2D eigenvalue weighted by atomic mass is 35.5. The van der Waals surface area contributed by atoms with E-state index >= 15 is 0 Å². The van der Waals surface area contributed by atoms with Crippen LogP contribution >= 0.6 is 23.2 Å². The molecule has 1 N–H and O–H groups in total. The lowest BCUT2D eigenvalue weighted by molar-refractivity contribution is 0.199. The molecule has 0 atom stereocenters. The van der Waals surface area contributed by atoms with Crippen molar-refractivity contribution in [3.05, 3.63) is 33.8 Å². The first-order valence-corrected chi connectivity index (χ1v) is 6.63. The van der Waals surface area contributed by atoms with Gasteiger partial charge in [-0.15, -0.1) is 0 Å². The first kappa shape index (κ1) is 14.8. The Kier molecular flexibility index (Phi) is 7.62. The Morgan fingerprint density at radius 3 is 2.76 bits per heavy atom. The minimum atomic E-state index is 0.752. The third-order valence-corrected chi connectivity index (χ3v) is 3.14. The fourth-order valence-electron chi connectivity index (χ4n) is 1.60. The molecule has 0 spiro atoms. The van der Waals surface area contributed by atoms with Crippen LogP contribution in [0, 0.1) is 0 Å². The van der Waals surface area contributed by atoms with Crippen LogP contribution in [0.3, 0.4) is 0 Å². The number of benzene rings is 1. The van der Waals surface area contributed by atoms with Crippen LogP contribution in [0.2, 0.25) is 10.0 Å². The molecule has 0 saturated heterocycles. The van der Waals surface area contributed by atoms with Crippen molar-refractivity contribution in [2.45, 2.75) is 19.3 Å². The summed E-state index contributed by atoms with van der Waals surface area (Å²) in [4.78, 5) is 0. The molecule has 96 valence electrons. The Hall–Kier alpha value is -0.280. The van der Waals surface area contributed by atoms with Crippen LogP contribution in [-0.4, -0.2) is 26.8 Å². The highest BCUT2D eigenvalue weighted by Gasteiger charge is 2.01. The second-order valence-electron chi connectivity index (χ2n) is 3.94. The summed E-state index contributed by atoms with van der Waals surface area (Å²) >= 11 is 12.0. The standard InChI is InChI=1S/C13H19Cl2NO/c1-17-9-8-16-7-3-2-4-11-10-12(14)5-6-13(11)15/h5-6,10,16H,2-4,7-9H2,1H3. The van der Waals surface area contributed by atoms with Gasteiger partial charge in [0.2, 0.25) is 0 Å². The summed E-state index contributed by atoms with van der Waals surface area (Å²) in [5.41, 5.74) is 1.14. The van der Waals surface area contributed by atoms with Gasteiger partial charge in [0, 0.05) is 23.7 Å². The lowest BCUT2D eigenvalue weighted by Gasteiger charge is -2.06. The van der Waals surface area contributed by atoms with Crippen LogP contribution in [0.15, 0.2) is 18.2 Å². The fraction of sp³-hybridized carbons (Fsp3) is 0.538. The lowest BCUT2D eigenvalue weighted by atomic mass is 10.1. The second kappa shape index (κ2) is 8.76. The second-order valence-corrected chi connectivity index (χ2v) is 4.78. The first-order valence-electron chi connectivity index (χ1n) is 5.87. The van der Waals surface area contributed by atoms with Crippen molar-refractivity contribution in [2.75, 3.05) is 26.8 Å². The number of rotatable bonds is 8. The van der Waals surface area contributed by atoms with E-state index in [4.69, 9.17) is 27.9 Å². The topological polar surface area (TPSA) is 21.3 Å². The van der Waals surface area contributed by atoms with Gasteiger partial charge < -0.3 is 10.1 Å². The molecule has 0 heterocycles. The zero-order valence-corrected chi connectivity index (χ0v) is 11.7. The number of aryl methyl sites for hydroxylation is 1. The van der Waals surface area contributed by atoms with Crippen molar-refractivity contribution in [1.82, 2.24) is 5.32 Å². The lowest BCUT2D eigenvalue weighted by Crippen LogP contribution is -2.20. The van der Waals surface area contributed by atoms with Gasteiger partial charge >= 0.3 is 0 Å². The van der Waals surface area contributed by atoms with E-state index in [0.29, 0.717) is 0 Å². The van der Waals surface area contributed by atoms with Crippen molar-refractivity contribution in [3.63, 3.8) is 0 Å². The summed E-state index contributed by atoms with van der Waals surface area (Å²) in [6, 6.07) is 5.62. The van der Waals surface area contributed by atoms with Gasteiger partial charge in [-0.1, -0.05) is 23.2 Å². The van der Waals surface area contributed by atoms with E-state index in [9.17, 15) is 0 Å². The van der Waals surface area contributed by atoms with Crippen LogP contribution < -0.4 is 5.32 Å². The van der Waals surface area contributed by atoms with Crippen molar-refractivity contribution in [2.24, 2.45) is 0 Å². The van der Waals surface area contributed by atoms with Crippen LogP contribution in [0.4, 0.5) is 0 Å². The van der Waals surface area contributed by atoms with Crippen molar-refractivity contribution in [1.29, 1.82) is 0 Å². The average Bonchev–Trinajstić information content (AvgIpc) is 2.32. The third kappa shape index (κ3) is 6.27. The molecule has 1 rings (SSSR count). The molecule has 0 aliphatic rings. The van der Waals surface area contributed by atoms with Gasteiger partial charge in [0.15, 0.2) is 0 Å². The van der Waals surface area contributed by atoms with Crippen molar-refractivity contribution >= 4 is 23.2 Å². The van der Waals surface area contributed by atoms with E-state index in [1.54, 1.807) is 7.11 Å². The van der Waals surface area contributed by atoms with E-state index in [0.717, 1.165) is 54.6 Å². The van der Waals surface area contributed by atoms with Crippen molar-refractivity contribution < 1.29 is 4.74 Å². The number of hydrogen-bond acceptors (Lipinski definition) is 2. The number of ether oxygens (including phenoxy) is 1. The molecule has 0 unspecified atom stereocenters. The van der Waals surface area contributed by atoms with E-state index in [1.165, 1.54) is 0 Å². The predicted molar refractivity (Wildman–Crippen MR) is 74.1 cm³/mol. The number of nitrogens with one attached hydrogen (secondary N) is 1. The van der Waals surface area contributed by atoms with Gasteiger partial charge in [0.25, 0.3) is 0 Å². The smallest absolute Gasteiger partial charge is 0.0587 e. The molecule has 0 aromatic heterocycles. The van der Waals surface area contributed by atoms with Crippen LogP contribution in [-0.2, 0) is 11.2 Å². The number of halogens is 2. The molecule has 1 aromatic rings. The number of unbranched alkanes of at least 4 members (excludes halogenated alkanes) is 1. The van der Waals surface area contributed by atoms with Gasteiger partial charge in [0.05, 0.1) is 6.61 Å². The predicted octanol–water partition coefficient (Wildman–Crippen LogP) is 3.55. The van der Waals surface area contributed by atoms with E-state index in [-0.39, 0.29) is 0 Å². The molecule has 0 aliphatic heterocycles. The Balaban J connectivity index is 2.15. The van der Waals surface area contributed by atoms with Gasteiger partial charge in [-0.2, -0.15) is 0 Å². The molecular formula is C13H19Cl2NO. The van der Waals surface area contributed by atoms with E-state index in [2.05, 4.69) is 5.32 Å². The highest BCUT2D eigenvalue weighted by molar-refractivity contribution is 6.33. The molecule has 17 heavy (non-hydrogen) atoms. The van der Waals surface area contributed by atoms with Gasteiger partial charge in [-0.25, -0.2) is 0 Å². The summed E-state index contributed by atoms with van der Waals surface area (Å²) in [5, 5.41) is 4.87. The zero-order chi connectivity index (χ0) is 12.5. The van der Waals surface area contributed by atoms with Gasteiger partial charge in [-0.3, -0.25) is 0 Å². The summed E-state index contributed by atoms with van der Waals surface area (Å²) in [5.74, 6) is 0. The monoisotopic (exact) mass is 275 g/mol. The van der Waals surface area contributed by atoms with E-state index in [1.807, 2.05) is 18.2 Å². The molecule has 0 saturated carbocycles. The maximum atomic E-state index is 6.09. The maximum absolute atomic E-state index is 6.09. The average molecular weight is 276 g/mol. The molecule has 0 amide bonds. The zero-order valence-electron chi connectivity index (χ0n) is 10.1. The Morgan fingerprint density at radius 2 is 2.00 bits per heavy atom. The van der Waals surface area contributed by atoms with Gasteiger partial charge in [-0.05, 0) is 49.6 Å². The normalized spacial score (nSPS) is 10.8. The molecule has 2 nitrogen and oxygen atoms in total. The Labute approximate surface area is 113 Å². The Morgan fingerprint density at radius 1 is 1.18 bits per heavy atom. The minimum absolute atomic E-state index is 0.752. The summed E-state index contributed by atoms with van der Waals surface area (Å²) in [7, 11) is 1.71. The SMILES string of the molecule is COCCNCCCCc1cc(Cl)ccc1Cl. The summed E-state index contributed by atoms with van der Waals surface area (Å²) in [6.07, 6.45) is 3.22. The van der Waals surface area contributed by atoms with Crippen LogP contribution in [0.1, 0.15) is 18.4 Å². The Bertz CT molecular complexity index is 331. The van der Waals surface area contributed by atoms with Crippen LogP contribution in [0.25, 0.3) is 0 Å². The highest BCUT2D eigenvalue weighted by Crippen LogP contribution is 2.22. The number of methoxy groups -OCH3 is 1. The van der Waals surface area contributed by atoms with E-state index < -0.39 is 0 Å². The molecule has 0 fully saturated rings.